The maximum Gasteiger partial charge on any atom is 0.309 e. The van der Waals surface area contributed by atoms with Gasteiger partial charge in [-0.15, -0.1) is 0 Å². The Morgan fingerprint density at radius 1 is 1.05 bits per heavy atom. The standard InChI is InChI=1S/C17H14O2/c1-19-16(18)15-10-17(15)13-8-4-2-6-11(13)12-7-3-5-9-14(12)17/h2-9,15H,10H2,1H3. The molecule has 2 aliphatic rings. The molecule has 0 saturated heterocycles. The molecule has 1 unspecified atom stereocenters. The molecule has 19 heavy (non-hydrogen) atoms. The van der Waals surface area contributed by atoms with Crippen molar-refractivity contribution in [3.63, 3.8) is 0 Å². The topological polar surface area (TPSA) is 26.3 Å². The van der Waals surface area contributed by atoms with Crippen molar-refractivity contribution in [1.29, 1.82) is 0 Å². The minimum atomic E-state index is -0.125. The van der Waals surface area contributed by atoms with Crippen LogP contribution in [0.3, 0.4) is 0 Å². The predicted molar refractivity (Wildman–Crippen MR) is 72.8 cm³/mol. The highest BCUT2D eigenvalue weighted by Crippen LogP contribution is 2.66. The Hall–Kier alpha value is -2.09. The fourth-order valence-electron chi connectivity index (χ4n) is 3.64. The van der Waals surface area contributed by atoms with Crippen LogP contribution in [0.25, 0.3) is 11.1 Å². The number of hydrogen-bond acceptors (Lipinski definition) is 2. The molecule has 0 aromatic heterocycles. The van der Waals surface area contributed by atoms with Crippen LogP contribution in [0.4, 0.5) is 0 Å². The van der Waals surface area contributed by atoms with Gasteiger partial charge in [0.2, 0.25) is 0 Å². The van der Waals surface area contributed by atoms with Gasteiger partial charge in [0.05, 0.1) is 13.0 Å². The van der Waals surface area contributed by atoms with E-state index in [1.165, 1.54) is 29.4 Å². The van der Waals surface area contributed by atoms with Crippen LogP contribution in [-0.4, -0.2) is 13.1 Å². The van der Waals surface area contributed by atoms with Gasteiger partial charge in [0.25, 0.3) is 0 Å². The maximum absolute atomic E-state index is 11.9. The number of ether oxygens (including phenoxy) is 1. The van der Waals surface area contributed by atoms with E-state index in [1.807, 2.05) is 0 Å². The number of esters is 1. The molecule has 1 saturated carbocycles. The molecule has 2 aromatic carbocycles. The van der Waals surface area contributed by atoms with Gasteiger partial charge in [-0.3, -0.25) is 4.79 Å². The summed E-state index contributed by atoms with van der Waals surface area (Å²) in [6, 6.07) is 16.8. The molecule has 1 fully saturated rings. The number of carbonyl (C=O) groups excluding carboxylic acids is 1. The van der Waals surface area contributed by atoms with Gasteiger partial charge in [0.1, 0.15) is 0 Å². The first-order valence-corrected chi connectivity index (χ1v) is 6.56. The summed E-state index contributed by atoms with van der Waals surface area (Å²) in [5.41, 5.74) is 4.98. The summed E-state index contributed by atoms with van der Waals surface area (Å²) in [6.45, 7) is 0. The number of methoxy groups -OCH3 is 1. The second-order valence-electron chi connectivity index (χ2n) is 5.34. The Labute approximate surface area is 112 Å². The van der Waals surface area contributed by atoms with E-state index in [-0.39, 0.29) is 17.3 Å². The van der Waals surface area contributed by atoms with Crippen molar-refractivity contribution < 1.29 is 9.53 Å². The summed E-state index contributed by atoms with van der Waals surface area (Å²) in [5.74, 6) is -0.117. The van der Waals surface area contributed by atoms with Gasteiger partial charge < -0.3 is 4.74 Å². The third kappa shape index (κ3) is 1.19. The fraction of sp³-hybridized carbons (Fsp3) is 0.235. The molecule has 1 atom stereocenters. The Balaban J connectivity index is 1.96. The van der Waals surface area contributed by atoms with E-state index in [1.54, 1.807) is 0 Å². The van der Waals surface area contributed by atoms with E-state index < -0.39 is 0 Å². The molecule has 0 bridgehead atoms. The van der Waals surface area contributed by atoms with Crippen LogP contribution in [-0.2, 0) is 14.9 Å². The lowest BCUT2D eigenvalue weighted by Gasteiger charge is -2.12. The van der Waals surface area contributed by atoms with Crippen LogP contribution >= 0.6 is 0 Å². The van der Waals surface area contributed by atoms with Crippen LogP contribution in [0.5, 0.6) is 0 Å². The van der Waals surface area contributed by atoms with E-state index in [4.69, 9.17) is 4.74 Å². The molecule has 0 aliphatic heterocycles. The van der Waals surface area contributed by atoms with Crippen molar-refractivity contribution in [2.24, 2.45) is 5.92 Å². The second-order valence-corrected chi connectivity index (χ2v) is 5.34. The van der Waals surface area contributed by atoms with Crippen molar-refractivity contribution in [2.45, 2.75) is 11.8 Å². The smallest absolute Gasteiger partial charge is 0.309 e. The molecular weight excluding hydrogens is 236 g/mol. The summed E-state index contributed by atoms with van der Waals surface area (Å²) in [6.07, 6.45) is 0.869. The SMILES string of the molecule is COC(=O)C1CC12c1ccccc1-c1ccccc12. The highest BCUT2D eigenvalue weighted by atomic mass is 16.5. The summed E-state index contributed by atoms with van der Waals surface area (Å²) < 4.78 is 4.95. The van der Waals surface area contributed by atoms with Crippen LogP contribution < -0.4 is 0 Å². The molecule has 2 aliphatic carbocycles. The Kier molecular flexibility index (Phi) is 1.97. The van der Waals surface area contributed by atoms with Gasteiger partial charge in [-0.25, -0.2) is 0 Å². The number of hydrogen-bond donors (Lipinski definition) is 0. The van der Waals surface area contributed by atoms with E-state index in [0.717, 1.165) is 6.42 Å². The molecule has 2 aromatic rings. The summed E-state index contributed by atoms with van der Waals surface area (Å²) in [7, 11) is 1.47. The third-order valence-corrected chi connectivity index (χ3v) is 4.55. The van der Waals surface area contributed by atoms with Gasteiger partial charge >= 0.3 is 5.97 Å². The van der Waals surface area contributed by atoms with Crippen LogP contribution in [0.2, 0.25) is 0 Å². The highest BCUT2D eigenvalue weighted by Gasteiger charge is 2.64. The van der Waals surface area contributed by atoms with Crippen LogP contribution in [0.1, 0.15) is 17.5 Å². The van der Waals surface area contributed by atoms with Crippen molar-refractivity contribution in [1.82, 2.24) is 0 Å². The van der Waals surface area contributed by atoms with Gasteiger partial charge in [-0.05, 0) is 28.7 Å². The zero-order valence-electron chi connectivity index (χ0n) is 10.7. The Morgan fingerprint density at radius 3 is 2.11 bits per heavy atom. The van der Waals surface area contributed by atoms with Gasteiger partial charge in [0.15, 0.2) is 0 Å². The lowest BCUT2D eigenvalue weighted by Crippen LogP contribution is -2.15. The first kappa shape index (κ1) is 10.8. The number of fused-ring (bicyclic) bond motifs is 5. The largest absolute Gasteiger partial charge is 0.469 e. The molecule has 1 spiro atoms. The van der Waals surface area contributed by atoms with Gasteiger partial charge in [0, 0.05) is 5.41 Å². The van der Waals surface area contributed by atoms with Gasteiger partial charge in [-0.1, -0.05) is 48.5 Å². The first-order chi connectivity index (χ1) is 9.29. The van der Waals surface area contributed by atoms with E-state index in [2.05, 4.69) is 48.5 Å². The summed E-state index contributed by atoms with van der Waals surface area (Å²) >= 11 is 0. The zero-order chi connectivity index (χ0) is 13.0. The van der Waals surface area contributed by atoms with Crippen molar-refractivity contribution in [3.05, 3.63) is 59.7 Å². The molecule has 0 amide bonds. The molecule has 0 heterocycles. The highest BCUT2D eigenvalue weighted by molar-refractivity contribution is 5.90. The molecule has 4 rings (SSSR count). The second kappa shape index (κ2) is 3.47. The van der Waals surface area contributed by atoms with Crippen LogP contribution in [0.15, 0.2) is 48.5 Å². The lowest BCUT2D eigenvalue weighted by molar-refractivity contribution is -0.142. The van der Waals surface area contributed by atoms with E-state index in [9.17, 15) is 4.79 Å². The first-order valence-electron chi connectivity index (χ1n) is 6.56. The van der Waals surface area contributed by atoms with Crippen molar-refractivity contribution in [2.75, 3.05) is 7.11 Å². The Bertz CT molecular complexity index is 642. The fourth-order valence-corrected chi connectivity index (χ4v) is 3.64. The minimum Gasteiger partial charge on any atom is -0.469 e. The van der Waals surface area contributed by atoms with Crippen molar-refractivity contribution >= 4 is 5.97 Å². The molecular formula is C17H14O2. The van der Waals surface area contributed by atoms with E-state index in [0.29, 0.717) is 0 Å². The molecule has 2 nitrogen and oxygen atoms in total. The average Bonchev–Trinajstić information content (AvgIpc) is 3.16. The van der Waals surface area contributed by atoms with Crippen LogP contribution in [0, 0.1) is 5.92 Å². The predicted octanol–water partition coefficient (Wildman–Crippen LogP) is 3.15. The van der Waals surface area contributed by atoms with Gasteiger partial charge in [-0.2, -0.15) is 0 Å². The normalized spacial score (nSPS) is 20.8. The third-order valence-electron chi connectivity index (χ3n) is 4.55. The average molecular weight is 250 g/mol. The number of rotatable bonds is 1. The lowest BCUT2D eigenvalue weighted by atomic mass is 9.91. The molecule has 94 valence electrons. The zero-order valence-corrected chi connectivity index (χ0v) is 10.7. The molecule has 0 N–H and O–H groups in total. The molecule has 2 heteroatoms. The minimum absolute atomic E-state index is 0.0256. The quantitative estimate of drug-likeness (QED) is 0.727. The number of carbonyl (C=O) groups is 1. The Morgan fingerprint density at radius 2 is 1.58 bits per heavy atom. The van der Waals surface area contributed by atoms with Crippen molar-refractivity contribution in [3.8, 4) is 11.1 Å². The molecule has 0 radical (unpaired) electrons. The monoisotopic (exact) mass is 250 g/mol. The maximum atomic E-state index is 11.9. The summed E-state index contributed by atoms with van der Waals surface area (Å²) in [5, 5.41) is 0. The van der Waals surface area contributed by atoms with E-state index >= 15 is 0 Å². The number of benzene rings is 2. The summed E-state index contributed by atoms with van der Waals surface area (Å²) in [4.78, 5) is 11.9.